The van der Waals surface area contributed by atoms with Gasteiger partial charge in [0.05, 0.1) is 0 Å². The van der Waals surface area contributed by atoms with Crippen molar-refractivity contribution >= 4 is 27.4 Å². The largest absolute Gasteiger partial charge is 1.00 e. The second kappa shape index (κ2) is 13.3. The summed E-state index contributed by atoms with van der Waals surface area (Å²) < 4.78 is 14.1. The molecule has 2 heterocycles. The Labute approximate surface area is 291 Å². The third kappa shape index (κ3) is 5.56. The van der Waals surface area contributed by atoms with Crippen molar-refractivity contribution in [3.05, 3.63) is 166 Å². The zero-order chi connectivity index (χ0) is 29.9. The predicted molar refractivity (Wildman–Crippen MR) is 181 cm³/mol. The molecule has 0 N–H and O–H groups in total. The predicted octanol–water partition coefficient (Wildman–Crippen LogP) is 5.27. The van der Waals surface area contributed by atoms with E-state index in [1.807, 2.05) is 0 Å². The van der Waals surface area contributed by atoms with Crippen LogP contribution in [0.5, 0.6) is 0 Å². The summed E-state index contributed by atoms with van der Waals surface area (Å²) in [6.45, 7) is 10.0. The fourth-order valence-electron chi connectivity index (χ4n) is 7.82. The van der Waals surface area contributed by atoms with Crippen molar-refractivity contribution in [2.75, 3.05) is 0 Å². The molecule has 0 spiro atoms. The van der Waals surface area contributed by atoms with Gasteiger partial charge < -0.3 is 24.8 Å². The standard InChI is InChI=1S/2C19H15O.C2H6Si.2ClH.Zr/c2*1-13-10-14-6-2-4-8-16(17(14)11-13)19-12-15-7-3-5-9-18(15)20-19;1-3-2;;;/h2*2-12,16H,1H3;1-2H3;2*1H;/q;;;;;+2/p-2. The molecule has 4 unspecified atom stereocenters. The van der Waals surface area contributed by atoms with E-state index in [2.05, 4.69) is 148 Å². The van der Waals surface area contributed by atoms with E-state index in [1.165, 1.54) is 21.9 Å². The van der Waals surface area contributed by atoms with E-state index in [9.17, 15) is 0 Å². The monoisotopic (exact) mass is 736 g/mol. The number of para-hydroxylation sites is 2. The number of fused-ring (bicyclic) bond motifs is 2. The first-order valence-electron chi connectivity index (χ1n) is 15.7. The zero-order valence-electron chi connectivity index (χ0n) is 26.4. The molecular formula is C40H36Cl2O2SiZr. The Hall–Kier alpha value is -2.88. The Bertz CT molecular complexity index is 1930. The van der Waals surface area contributed by atoms with Crippen LogP contribution in [-0.4, -0.2) is 5.43 Å². The van der Waals surface area contributed by atoms with E-state index in [0.29, 0.717) is 7.25 Å². The summed E-state index contributed by atoms with van der Waals surface area (Å²) in [5, 5.41) is 2.35. The minimum absolute atomic E-state index is 0. The summed E-state index contributed by atoms with van der Waals surface area (Å²) in [6, 6.07) is 21.2. The maximum atomic E-state index is 6.47. The van der Waals surface area contributed by atoms with Crippen LogP contribution in [0.3, 0.4) is 0 Å². The van der Waals surface area contributed by atoms with Crippen molar-refractivity contribution in [2.45, 2.75) is 46.0 Å². The normalized spacial score (nSPS) is 22.8. The van der Waals surface area contributed by atoms with Gasteiger partial charge in [0.15, 0.2) is 0 Å². The smallest absolute Gasteiger partial charge is 1.00 e. The maximum absolute atomic E-state index is 6.47. The Morgan fingerprint density at radius 1 is 0.587 bits per heavy atom. The Morgan fingerprint density at radius 3 is 1.43 bits per heavy atom. The van der Waals surface area contributed by atoms with E-state index in [4.69, 9.17) is 8.83 Å². The molecule has 46 heavy (non-hydrogen) atoms. The fourth-order valence-corrected chi connectivity index (χ4v) is 28.6. The first kappa shape index (κ1) is 33.0. The van der Waals surface area contributed by atoms with E-state index in [1.54, 1.807) is 22.3 Å². The summed E-state index contributed by atoms with van der Waals surface area (Å²) in [5.74, 6) is 2.35. The number of benzene rings is 2. The van der Waals surface area contributed by atoms with Crippen LogP contribution in [0.1, 0.15) is 37.2 Å². The number of hydrogen-bond acceptors (Lipinski definition) is 2. The molecule has 4 aliphatic rings. The molecule has 2 nitrogen and oxygen atoms in total. The average Bonchev–Trinajstić information content (AvgIpc) is 3.72. The molecule has 0 aliphatic heterocycles. The van der Waals surface area contributed by atoms with Gasteiger partial charge in [-0.05, 0) is 0 Å². The van der Waals surface area contributed by atoms with Crippen LogP contribution < -0.4 is 24.8 Å². The maximum Gasteiger partial charge on any atom is -1.00 e. The van der Waals surface area contributed by atoms with Crippen molar-refractivity contribution in [1.29, 1.82) is 0 Å². The Morgan fingerprint density at radius 2 is 1.02 bits per heavy atom. The molecule has 230 valence electrons. The molecular weight excluding hydrogens is 703 g/mol. The van der Waals surface area contributed by atoms with Gasteiger partial charge in [0.1, 0.15) is 0 Å². The fraction of sp³-hybridized carbons (Fsp3) is 0.200. The average molecular weight is 739 g/mol. The van der Waals surface area contributed by atoms with Gasteiger partial charge in [-0.3, -0.25) is 0 Å². The van der Waals surface area contributed by atoms with Crippen LogP contribution >= 0.6 is 0 Å². The van der Waals surface area contributed by atoms with Crippen molar-refractivity contribution < 1.29 is 54.0 Å². The number of rotatable bonds is 4. The van der Waals surface area contributed by atoms with Crippen molar-refractivity contribution in [2.24, 2.45) is 0 Å². The molecule has 2 aromatic heterocycles. The number of hydrogen-bond donors (Lipinski definition) is 0. The first-order chi connectivity index (χ1) is 21.5. The summed E-state index contributed by atoms with van der Waals surface area (Å²) in [5.41, 5.74) is 10.5. The number of halogens is 2. The van der Waals surface area contributed by atoms with E-state index >= 15 is 0 Å². The molecule has 0 amide bonds. The van der Waals surface area contributed by atoms with Gasteiger partial charge in [-0.15, -0.1) is 0 Å². The SMILES string of the molecule is CC1=CC2=C(C=CC=CC2c2cc3ccccc3o2)[CH]1[Zr+2]([CH]1C(C)=CC2=C1C=CC=CC2c1cc2ccccc2o1)=[Si](C)C.[Cl-].[Cl-]. The summed E-state index contributed by atoms with van der Waals surface area (Å²) >= 11 is -2.23. The molecule has 0 fully saturated rings. The molecule has 0 bridgehead atoms. The number of furan rings is 2. The Kier molecular flexibility index (Phi) is 9.57. The number of allylic oxidation sites excluding steroid dienone is 16. The van der Waals surface area contributed by atoms with Gasteiger partial charge in [-0.2, -0.15) is 0 Å². The molecule has 0 saturated carbocycles. The summed E-state index contributed by atoms with van der Waals surface area (Å²) in [6.07, 6.45) is 23.6. The van der Waals surface area contributed by atoms with Gasteiger partial charge in [-0.1, -0.05) is 0 Å². The summed E-state index contributed by atoms with van der Waals surface area (Å²) in [7, 11) is 0. The second-order valence-corrected chi connectivity index (χ2v) is 30.6. The van der Waals surface area contributed by atoms with E-state index < -0.39 is 25.8 Å². The molecule has 0 radical (unpaired) electrons. The van der Waals surface area contributed by atoms with Gasteiger partial charge >= 0.3 is 269 Å². The molecule has 2 aromatic carbocycles. The summed E-state index contributed by atoms with van der Waals surface area (Å²) in [4.78, 5) is 0. The third-order valence-electron chi connectivity index (χ3n) is 9.72. The van der Waals surface area contributed by atoms with Gasteiger partial charge in [0.2, 0.25) is 0 Å². The van der Waals surface area contributed by atoms with E-state index in [0.717, 1.165) is 22.7 Å². The Balaban J connectivity index is 0.00000186. The molecule has 6 heteroatoms. The van der Waals surface area contributed by atoms with Crippen molar-refractivity contribution in [3.63, 3.8) is 0 Å². The first-order valence-corrected chi connectivity index (χ1v) is 24.7. The third-order valence-corrected chi connectivity index (χ3v) is 29.6. The van der Waals surface area contributed by atoms with Gasteiger partial charge in [0.25, 0.3) is 0 Å². The molecule has 8 rings (SSSR count). The van der Waals surface area contributed by atoms with E-state index in [-0.39, 0.29) is 36.6 Å². The van der Waals surface area contributed by atoms with Crippen LogP contribution in [0, 0.1) is 0 Å². The second-order valence-electron chi connectivity index (χ2n) is 12.7. The van der Waals surface area contributed by atoms with Crippen LogP contribution in [0.25, 0.3) is 21.9 Å². The van der Waals surface area contributed by atoms with Gasteiger partial charge in [0, 0.05) is 0 Å². The van der Waals surface area contributed by atoms with Crippen LogP contribution in [0.2, 0.25) is 20.3 Å². The van der Waals surface area contributed by atoms with Crippen molar-refractivity contribution in [3.8, 4) is 0 Å². The zero-order valence-corrected chi connectivity index (χ0v) is 31.4. The molecule has 0 saturated heterocycles. The minimum atomic E-state index is -2.23. The topological polar surface area (TPSA) is 26.3 Å². The van der Waals surface area contributed by atoms with Crippen molar-refractivity contribution in [1.82, 2.24) is 0 Å². The quantitative estimate of drug-likeness (QED) is 0.267. The van der Waals surface area contributed by atoms with Crippen LogP contribution in [0.4, 0.5) is 0 Å². The van der Waals surface area contributed by atoms with Gasteiger partial charge in [-0.25, -0.2) is 0 Å². The van der Waals surface area contributed by atoms with Crippen LogP contribution in [-0.2, 0) is 20.4 Å². The minimum Gasteiger partial charge on any atom is -1.00 e. The molecule has 4 atom stereocenters. The molecule has 4 aliphatic carbocycles. The van der Waals surface area contributed by atoms with Crippen LogP contribution in [0.15, 0.2) is 164 Å². The molecule has 4 aromatic rings.